The smallest absolute Gasteiger partial charge is 0.297 e. The van der Waals surface area contributed by atoms with Crippen LogP contribution < -0.4 is 26.2 Å². The van der Waals surface area contributed by atoms with Gasteiger partial charge in [0.25, 0.3) is 11.5 Å². The van der Waals surface area contributed by atoms with Crippen molar-refractivity contribution in [1.82, 2.24) is 20.2 Å². The van der Waals surface area contributed by atoms with Crippen LogP contribution in [0.2, 0.25) is 5.02 Å². The van der Waals surface area contributed by atoms with Gasteiger partial charge in [0.1, 0.15) is 12.4 Å². The van der Waals surface area contributed by atoms with Crippen molar-refractivity contribution in [2.45, 2.75) is 45.2 Å². The van der Waals surface area contributed by atoms with Gasteiger partial charge < -0.3 is 20.7 Å². The highest BCUT2D eigenvalue weighted by Gasteiger charge is 2.27. The van der Waals surface area contributed by atoms with Crippen LogP contribution in [0, 0.1) is 0 Å². The highest BCUT2D eigenvalue weighted by Crippen LogP contribution is 2.32. The molecule has 1 aliphatic rings. The fraction of sp³-hybridized carbons (Fsp3) is 0.370. The maximum atomic E-state index is 13.5. The van der Waals surface area contributed by atoms with Crippen LogP contribution in [-0.4, -0.2) is 41.2 Å². The second kappa shape index (κ2) is 11.1. The van der Waals surface area contributed by atoms with E-state index < -0.39 is 5.54 Å². The quantitative estimate of drug-likeness (QED) is 0.336. The second-order valence-corrected chi connectivity index (χ2v) is 9.72. The van der Waals surface area contributed by atoms with Gasteiger partial charge in [-0.25, -0.2) is 4.98 Å². The second-order valence-electron chi connectivity index (χ2n) is 9.31. The molecule has 36 heavy (non-hydrogen) atoms. The highest BCUT2D eigenvalue weighted by atomic mass is 35.5. The SMILES string of the molecule is CCNCCOc1ccccc1C(C)(C)Nc1nccn(-c2cc(C(=O)NC3CC3)ccc2Cl)c1=O. The van der Waals surface area contributed by atoms with E-state index in [4.69, 9.17) is 16.3 Å². The maximum Gasteiger partial charge on any atom is 0.297 e. The molecule has 0 spiro atoms. The van der Waals surface area contributed by atoms with Crippen molar-refractivity contribution in [3.8, 4) is 11.4 Å². The number of carbonyl (C=O) groups excluding carboxylic acids is 1. The first-order valence-electron chi connectivity index (χ1n) is 12.2. The predicted molar refractivity (Wildman–Crippen MR) is 142 cm³/mol. The van der Waals surface area contributed by atoms with E-state index in [-0.39, 0.29) is 23.3 Å². The van der Waals surface area contributed by atoms with Crippen molar-refractivity contribution in [3.63, 3.8) is 0 Å². The molecule has 0 saturated heterocycles. The molecule has 3 N–H and O–H groups in total. The Hall–Kier alpha value is -3.36. The Kier molecular flexibility index (Phi) is 7.96. The van der Waals surface area contributed by atoms with Crippen molar-refractivity contribution < 1.29 is 9.53 Å². The Morgan fingerprint density at radius 2 is 2.00 bits per heavy atom. The zero-order chi connectivity index (χ0) is 25.7. The third-order valence-corrected chi connectivity index (χ3v) is 6.32. The molecule has 9 heteroatoms. The van der Waals surface area contributed by atoms with E-state index in [1.165, 1.54) is 10.8 Å². The van der Waals surface area contributed by atoms with Crippen LogP contribution in [-0.2, 0) is 5.54 Å². The number of hydrogen-bond donors (Lipinski definition) is 3. The molecule has 1 heterocycles. The van der Waals surface area contributed by atoms with E-state index in [2.05, 4.69) is 20.9 Å². The molecule has 8 nitrogen and oxygen atoms in total. The number of halogens is 1. The fourth-order valence-corrected chi connectivity index (χ4v) is 4.11. The number of nitrogens with zero attached hydrogens (tertiary/aromatic N) is 2. The molecule has 0 aliphatic heterocycles. The first-order chi connectivity index (χ1) is 17.3. The summed E-state index contributed by atoms with van der Waals surface area (Å²) < 4.78 is 7.41. The molecule has 1 saturated carbocycles. The van der Waals surface area contributed by atoms with Gasteiger partial charge in [-0.15, -0.1) is 0 Å². The topological polar surface area (TPSA) is 97.3 Å². The summed E-state index contributed by atoms with van der Waals surface area (Å²) in [4.78, 5) is 30.3. The molecule has 1 aromatic heterocycles. The lowest BCUT2D eigenvalue weighted by molar-refractivity contribution is 0.0951. The molecule has 1 fully saturated rings. The number of benzene rings is 2. The third-order valence-electron chi connectivity index (χ3n) is 6.00. The van der Waals surface area contributed by atoms with Gasteiger partial charge >= 0.3 is 0 Å². The Morgan fingerprint density at radius 3 is 2.75 bits per heavy atom. The van der Waals surface area contributed by atoms with Crippen LogP contribution in [0.4, 0.5) is 5.82 Å². The Morgan fingerprint density at radius 1 is 1.22 bits per heavy atom. The maximum absolute atomic E-state index is 13.5. The lowest BCUT2D eigenvalue weighted by Gasteiger charge is -2.29. The van der Waals surface area contributed by atoms with Crippen LogP contribution in [0.5, 0.6) is 5.75 Å². The molecule has 1 amide bonds. The number of carbonyl (C=O) groups is 1. The minimum Gasteiger partial charge on any atom is -0.492 e. The van der Waals surface area contributed by atoms with Crippen molar-refractivity contribution in [2.75, 3.05) is 25.0 Å². The molecular weight excluding hydrogens is 478 g/mol. The number of ether oxygens (including phenoxy) is 1. The third kappa shape index (κ3) is 6.06. The van der Waals surface area contributed by atoms with Crippen molar-refractivity contribution in [2.24, 2.45) is 0 Å². The molecule has 0 bridgehead atoms. The van der Waals surface area contributed by atoms with Gasteiger partial charge in [0, 0.05) is 36.1 Å². The molecule has 0 atom stereocenters. The number of para-hydroxylation sites is 1. The van der Waals surface area contributed by atoms with Crippen LogP contribution >= 0.6 is 11.6 Å². The van der Waals surface area contributed by atoms with Crippen LogP contribution in [0.15, 0.2) is 59.7 Å². The summed E-state index contributed by atoms with van der Waals surface area (Å²) in [6, 6.07) is 12.9. The Balaban J connectivity index is 1.60. The summed E-state index contributed by atoms with van der Waals surface area (Å²) >= 11 is 6.44. The van der Waals surface area contributed by atoms with Gasteiger partial charge in [-0.05, 0) is 57.5 Å². The number of likely N-dealkylation sites (N-methyl/N-ethyl adjacent to an activating group) is 1. The number of amides is 1. The van der Waals surface area contributed by atoms with Gasteiger partial charge in [0.2, 0.25) is 0 Å². The summed E-state index contributed by atoms with van der Waals surface area (Å²) in [5, 5.41) is 9.84. The van der Waals surface area contributed by atoms with Crippen molar-refractivity contribution in [3.05, 3.63) is 81.4 Å². The number of nitrogens with one attached hydrogen (secondary N) is 3. The number of anilines is 1. The van der Waals surface area contributed by atoms with Gasteiger partial charge in [-0.3, -0.25) is 14.2 Å². The molecule has 190 valence electrons. The zero-order valence-electron chi connectivity index (χ0n) is 20.8. The summed E-state index contributed by atoms with van der Waals surface area (Å²) in [7, 11) is 0. The fourth-order valence-electron chi connectivity index (χ4n) is 3.90. The normalized spacial score (nSPS) is 13.3. The summed E-state index contributed by atoms with van der Waals surface area (Å²) in [6.07, 6.45) is 5.06. The molecule has 2 aromatic carbocycles. The largest absolute Gasteiger partial charge is 0.492 e. The summed E-state index contributed by atoms with van der Waals surface area (Å²) in [5.41, 5.74) is 0.715. The predicted octanol–water partition coefficient (Wildman–Crippen LogP) is 4.11. The first kappa shape index (κ1) is 25.7. The molecule has 3 aromatic rings. The lowest BCUT2D eigenvalue weighted by atomic mass is 9.93. The zero-order valence-corrected chi connectivity index (χ0v) is 21.6. The highest BCUT2D eigenvalue weighted by molar-refractivity contribution is 6.32. The van der Waals surface area contributed by atoms with Crippen LogP contribution in [0.1, 0.15) is 49.5 Å². The van der Waals surface area contributed by atoms with Gasteiger partial charge in [0.05, 0.1) is 16.2 Å². The number of rotatable bonds is 11. The Labute approximate surface area is 216 Å². The van der Waals surface area contributed by atoms with Crippen LogP contribution in [0.3, 0.4) is 0 Å². The van der Waals surface area contributed by atoms with Crippen molar-refractivity contribution >= 4 is 23.3 Å². The first-order valence-corrected chi connectivity index (χ1v) is 12.6. The van der Waals surface area contributed by atoms with E-state index in [0.717, 1.165) is 37.2 Å². The van der Waals surface area contributed by atoms with E-state index in [1.54, 1.807) is 24.4 Å². The van der Waals surface area contributed by atoms with Gasteiger partial charge in [0.15, 0.2) is 5.82 Å². The van der Waals surface area contributed by atoms with E-state index in [9.17, 15) is 9.59 Å². The van der Waals surface area contributed by atoms with Crippen molar-refractivity contribution in [1.29, 1.82) is 0 Å². The molecule has 0 unspecified atom stereocenters. The van der Waals surface area contributed by atoms with Crippen LogP contribution in [0.25, 0.3) is 5.69 Å². The minimum absolute atomic E-state index is 0.161. The van der Waals surface area contributed by atoms with Gasteiger partial charge in [-0.1, -0.05) is 36.7 Å². The summed E-state index contributed by atoms with van der Waals surface area (Å²) in [6.45, 7) is 8.12. The monoisotopic (exact) mass is 509 g/mol. The van der Waals surface area contributed by atoms with E-state index >= 15 is 0 Å². The average Bonchev–Trinajstić information content (AvgIpc) is 3.68. The van der Waals surface area contributed by atoms with Gasteiger partial charge in [-0.2, -0.15) is 0 Å². The average molecular weight is 510 g/mol. The number of aromatic nitrogens is 2. The lowest BCUT2D eigenvalue weighted by Crippen LogP contribution is -2.34. The Bertz CT molecular complexity index is 1290. The molecule has 4 rings (SSSR count). The number of hydrogen-bond acceptors (Lipinski definition) is 6. The molecule has 1 aliphatic carbocycles. The van der Waals surface area contributed by atoms with E-state index in [1.807, 2.05) is 45.0 Å². The van der Waals surface area contributed by atoms with E-state index in [0.29, 0.717) is 22.9 Å². The molecule has 0 radical (unpaired) electrons. The standard InChI is InChI=1S/C27H32ClN5O3/c1-4-29-14-16-36-23-8-6-5-7-20(23)27(2,3)32-24-26(35)33(15-13-30-24)22-17-18(9-12-21(22)28)25(34)31-19-10-11-19/h5-9,12-13,15,17,19,29H,4,10-11,14,16H2,1-3H3,(H,30,32)(H,31,34). The minimum atomic E-state index is -0.671. The molecular formula is C27H32ClN5O3. The summed E-state index contributed by atoms with van der Waals surface area (Å²) in [5.74, 6) is 0.721.